The lowest BCUT2D eigenvalue weighted by molar-refractivity contribution is -0.0959. The lowest BCUT2D eigenvalue weighted by Gasteiger charge is -2.19. The third-order valence-corrected chi connectivity index (χ3v) is 2.36. The van der Waals surface area contributed by atoms with Gasteiger partial charge in [0.05, 0.1) is 6.61 Å². The summed E-state index contributed by atoms with van der Waals surface area (Å²) in [5.41, 5.74) is 0. The lowest BCUT2D eigenvalue weighted by Crippen LogP contribution is -2.35. The minimum atomic E-state index is -1.42. The summed E-state index contributed by atoms with van der Waals surface area (Å²) < 4.78 is 11.3. The summed E-state index contributed by atoms with van der Waals surface area (Å²) in [5.74, 6) is -0.279. The van der Waals surface area contributed by atoms with Crippen LogP contribution in [0.2, 0.25) is 19.6 Å². The normalized spacial score (nSPS) is 29.8. The fraction of sp³-hybridized carbons (Fsp3) is 0.875. The van der Waals surface area contributed by atoms with E-state index in [2.05, 4.69) is 26.1 Å². The van der Waals surface area contributed by atoms with Crippen LogP contribution in [-0.4, -0.2) is 20.7 Å². The van der Waals surface area contributed by atoms with E-state index in [0.29, 0.717) is 0 Å². The Labute approximate surface area is 70.0 Å². The van der Waals surface area contributed by atoms with E-state index in [1.54, 1.807) is 0 Å². The topological polar surface area (TPSA) is 18.5 Å². The quantitative estimate of drug-likeness (QED) is 0.368. The van der Waals surface area contributed by atoms with E-state index < -0.39 is 8.32 Å². The summed E-state index contributed by atoms with van der Waals surface area (Å²) in [6.45, 7) is 9.28. The second-order valence-electron chi connectivity index (χ2n) is 3.87. The van der Waals surface area contributed by atoms with Crippen molar-refractivity contribution in [3.8, 4) is 0 Å². The van der Waals surface area contributed by atoms with Crippen LogP contribution in [0.15, 0.2) is 0 Å². The van der Waals surface area contributed by atoms with Gasteiger partial charge in [-0.05, 0) is 26.6 Å². The average Bonchev–Trinajstić information content (AvgIpc) is 2.44. The highest BCUT2D eigenvalue weighted by molar-refractivity contribution is 6.69. The van der Waals surface area contributed by atoms with Crippen molar-refractivity contribution in [2.24, 2.45) is 0 Å². The van der Waals surface area contributed by atoms with Gasteiger partial charge in [-0.2, -0.15) is 0 Å². The van der Waals surface area contributed by atoms with Crippen molar-refractivity contribution >= 4 is 8.32 Å². The number of hydrogen-bond donors (Lipinski definition) is 0. The molecule has 1 atom stereocenters. The summed E-state index contributed by atoms with van der Waals surface area (Å²) in [6.07, 6.45) is 3.06. The zero-order valence-electron chi connectivity index (χ0n) is 7.81. The SMILES string of the molecule is CCOC1(O[Si](C)(C)C)[CH+]C1. The third kappa shape index (κ3) is 2.85. The highest BCUT2D eigenvalue weighted by Crippen LogP contribution is 2.41. The zero-order valence-corrected chi connectivity index (χ0v) is 8.81. The summed E-state index contributed by atoms with van der Waals surface area (Å²) in [7, 11) is -1.42. The van der Waals surface area contributed by atoms with Crippen molar-refractivity contribution in [1.82, 2.24) is 0 Å². The minimum absolute atomic E-state index is 0.279. The Kier molecular flexibility index (Phi) is 2.32. The maximum absolute atomic E-state index is 5.84. The van der Waals surface area contributed by atoms with Gasteiger partial charge >= 0.3 is 5.79 Å². The molecule has 0 aliphatic heterocycles. The number of rotatable bonds is 4. The van der Waals surface area contributed by atoms with Crippen molar-refractivity contribution < 1.29 is 9.16 Å². The third-order valence-electron chi connectivity index (χ3n) is 1.41. The Hall–Kier alpha value is 0.00688. The summed E-state index contributed by atoms with van der Waals surface area (Å²) >= 11 is 0. The van der Waals surface area contributed by atoms with Gasteiger partial charge in [0.25, 0.3) is 0 Å². The molecular weight excluding hydrogens is 156 g/mol. The van der Waals surface area contributed by atoms with E-state index >= 15 is 0 Å². The highest BCUT2D eigenvalue weighted by atomic mass is 28.4. The molecule has 1 saturated carbocycles. The molecule has 1 aliphatic carbocycles. The first kappa shape index (κ1) is 9.10. The number of hydrogen-bond acceptors (Lipinski definition) is 2. The van der Waals surface area contributed by atoms with E-state index in [0.717, 1.165) is 13.0 Å². The maximum atomic E-state index is 5.84. The van der Waals surface area contributed by atoms with E-state index in [-0.39, 0.29) is 5.79 Å². The van der Waals surface area contributed by atoms with E-state index in [1.165, 1.54) is 0 Å². The Morgan fingerprint density at radius 3 is 2.27 bits per heavy atom. The molecule has 0 radical (unpaired) electrons. The Balaban J connectivity index is 2.35. The van der Waals surface area contributed by atoms with Gasteiger partial charge in [-0.25, -0.2) is 0 Å². The first-order valence-electron chi connectivity index (χ1n) is 4.16. The minimum Gasteiger partial charge on any atom is -0.352 e. The molecule has 0 spiro atoms. The van der Waals surface area contributed by atoms with Crippen LogP contribution < -0.4 is 0 Å². The molecule has 0 heterocycles. The van der Waals surface area contributed by atoms with E-state index in [9.17, 15) is 0 Å². The van der Waals surface area contributed by atoms with Gasteiger partial charge in [-0.3, -0.25) is 0 Å². The maximum Gasteiger partial charge on any atom is 0.350 e. The van der Waals surface area contributed by atoms with Crippen LogP contribution in [0.25, 0.3) is 0 Å². The second kappa shape index (κ2) is 2.81. The molecule has 1 aliphatic rings. The Bertz CT molecular complexity index is 136. The molecule has 0 bridgehead atoms. The van der Waals surface area contributed by atoms with Crippen LogP contribution >= 0.6 is 0 Å². The molecule has 1 rings (SSSR count). The molecule has 3 heteroatoms. The molecule has 1 unspecified atom stereocenters. The monoisotopic (exact) mass is 173 g/mol. The van der Waals surface area contributed by atoms with Crippen LogP contribution in [0.1, 0.15) is 13.3 Å². The largest absolute Gasteiger partial charge is 0.352 e. The Morgan fingerprint density at radius 2 is 2.00 bits per heavy atom. The molecule has 1 fully saturated rings. The van der Waals surface area contributed by atoms with E-state index in [4.69, 9.17) is 9.16 Å². The highest BCUT2D eigenvalue weighted by Gasteiger charge is 2.61. The lowest BCUT2D eigenvalue weighted by atomic mass is 10.7. The standard InChI is InChI=1S/C8H17O2Si/c1-5-9-8(6-7-8)10-11(2,3)4/h6H,5,7H2,1-4H3/q+1. The zero-order chi connectivity index (χ0) is 8.54. The predicted molar refractivity (Wildman–Crippen MR) is 47.7 cm³/mol. The van der Waals surface area contributed by atoms with Gasteiger partial charge in [0, 0.05) is 0 Å². The fourth-order valence-corrected chi connectivity index (χ4v) is 2.34. The molecule has 0 aromatic carbocycles. The summed E-state index contributed by atoms with van der Waals surface area (Å²) in [5, 5.41) is 0. The van der Waals surface area contributed by atoms with Gasteiger partial charge in [0.1, 0.15) is 0 Å². The first-order chi connectivity index (χ1) is 4.97. The smallest absolute Gasteiger partial charge is 0.350 e. The molecule has 0 amide bonds. The van der Waals surface area contributed by atoms with Crippen molar-refractivity contribution in [3.63, 3.8) is 0 Å². The second-order valence-corrected chi connectivity index (χ2v) is 8.30. The van der Waals surface area contributed by atoms with Crippen molar-refractivity contribution in [3.05, 3.63) is 6.42 Å². The average molecular weight is 173 g/mol. The number of ether oxygens (including phenoxy) is 1. The van der Waals surface area contributed by atoms with Crippen molar-refractivity contribution in [2.45, 2.75) is 38.8 Å². The first-order valence-corrected chi connectivity index (χ1v) is 7.57. The van der Waals surface area contributed by atoms with Crippen molar-refractivity contribution in [2.75, 3.05) is 6.61 Å². The molecule has 0 aromatic heterocycles. The van der Waals surface area contributed by atoms with Crippen LogP contribution in [-0.2, 0) is 9.16 Å². The van der Waals surface area contributed by atoms with Crippen LogP contribution in [0.5, 0.6) is 0 Å². The molecular formula is C8H17O2Si+. The molecule has 0 N–H and O–H groups in total. The van der Waals surface area contributed by atoms with Crippen molar-refractivity contribution in [1.29, 1.82) is 0 Å². The fourth-order valence-electron chi connectivity index (χ4n) is 1.08. The van der Waals surface area contributed by atoms with Gasteiger partial charge in [0.2, 0.25) is 0 Å². The van der Waals surface area contributed by atoms with Crippen LogP contribution in [0, 0.1) is 6.42 Å². The predicted octanol–water partition coefficient (Wildman–Crippen LogP) is 2.18. The summed E-state index contributed by atoms with van der Waals surface area (Å²) in [4.78, 5) is 0. The molecule has 2 nitrogen and oxygen atoms in total. The molecule has 11 heavy (non-hydrogen) atoms. The summed E-state index contributed by atoms with van der Waals surface area (Å²) in [6, 6.07) is 0. The van der Waals surface area contributed by atoms with E-state index in [1.807, 2.05) is 6.92 Å². The Morgan fingerprint density at radius 1 is 1.45 bits per heavy atom. The molecule has 64 valence electrons. The van der Waals surface area contributed by atoms with Crippen LogP contribution in [0.4, 0.5) is 0 Å². The van der Waals surface area contributed by atoms with Crippen LogP contribution in [0.3, 0.4) is 0 Å². The van der Waals surface area contributed by atoms with Gasteiger partial charge in [-0.1, -0.05) is 0 Å². The molecule has 0 saturated heterocycles. The molecule has 0 aromatic rings. The van der Waals surface area contributed by atoms with Gasteiger partial charge < -0.3 is 9.16 Å². The van der Waals surface area contributed by atoms with Gasteiger partial charge in [-0.15, -0.1) is 0 Å². The van der Waals surface area contributed by atoms with Gasteiger partial charge in [0.15, 0.2) is 21.2 Å².